The number of alkyl halides is 4. The number of ether oxygens (including phenoxy) is 2. The van der Waals surface area contributed by atoms with Crippen molar-refractivity contribution in [2.75, 3.05) is 43.5 Å². The van der Waals surface area contributed by atoms with Gasteiger partial charge in [-0.1, -0.05) is 0 Å². The van der Waals surface area contributed by atoms with Gasteiger partial charge in [-0.2, -0.15) is 23.1 Å². The maximum Gasteiger partial charge on any atom is 0.418 e. The lowest BCUT2D eigenvalue weighted by atomic mass is 9.95. The number of halogens is 6. The molecule has 7 rings (SSSR count). The molecular weight excluding hydrogens is 578 g/mol. The number of hydrogen-bond donors (Lipinski definition) is 1. The van der Waals surface area contributed by atoms with E-state index in [0.29, 0.717) is 25.9 Å². The number of piperidine rings is 1. The molecule has 0 saturated carbocycles. The van der Waals surface area contributed by atoms with E-state index in [1.165, 1.54) is 0 Å². The predicted octanol–water partition coefficient (Wildman–Crippen LogP) is 5.59. The minimum atomic E-state index is -4.99. The molecule has 2 N–H and O–H groups in total. The Labute approximate surface area is 243 Å². The summed E-state index contributed by atoms with van der Waals surface area (Å²) >= 11 is 0. The molecule has 4 aliphatic rings. The smallest absolute Gasteiger partial charge is 0.418 e. The Hall–Kier alpha value is -3.55. The van der Waals surface area contributed by atoms with Crippen LogP contribution >= 0.6 is 0 Å². The van der Waals surface area contributed by atoms with Gasteiger partial charge >= 0.3 is 12.2 Å². The summed E-state index contributed by atoms with van der Waals surface area (Å²) < 4.78 is 102. The first-order valence-electron chi connectivity index (χ1n) is 14.5. The minimum absolute atomic E-state index is 0.0171. The summed E-state index contributed by atoms with van der Waals surface area (Å²) in [4.78, 5) is 16.5. The number of hydrogen-bond acceptors (Lipinski definition) is 8. The van der Waals surface area contributed by atoms with E-state index in [0.717, 1.165) is 38.8 Å². The summed E-state index contributed by atoms with van der Waals surface area (Å²) in [5.41, 5.74) is 1.17. The molecule has 1 aromatic carbocycles. The summed E-state index contributed by atoms with van der Waals surface area (Å²) in [6.07, 6.45) is -1.73. The number of nitrogens with two attached hydrogens (primary N) is 1. The number of fused-ring (bicyclic) bond motifs is 3. The lowest BCUT2D eigenvalue weighted by molar-refractivity contribution is -0.137. The van der Waals surface area contributed by atoms with Crippen LogP contribution in [0.2, 0.25) is 0 Å². The van der Waals surface area contributed by atoms with Crippen LogP contribution in [0.3, 0.4) is 0 Å². The van der Waals surface area contributed by atoms with Crippen LogP contribution in [0, 0.1) is 18.6 Å². The third kappa shape index (κ3) is 4.51. The molecule has 0 aliphatic carbocycles. The molecule has 6 heterocycles. The van der Waals surface area contributed by atoms with E-state index >= 15 is 8.78 Å². The predicted molar refractivity (Wildman–Crippen MR) is 146 cm³/mol. The van der Waals surface area contributed by atoms with Crippen molar-refractivity contribution in [3.8, 4) is 22.9 Å². The molecule has 0 spiro atoms. The molecular formula is C29H30F6N6O2. The van der Waals surface area contributed by atoms with Crippen LogP contribution in [0.15, 0.2) is 6.07 Å². The minimum Gasteiger partial charge on any atom is -0.487 e. The summed E-state index contributed by atoms with van der Waals surface area (Å²) in [5, 5.41) is -0.0758. The topological polar surface area (TPSA) is 89.6 Å². The third-order valence-corrected chi connectivity index (χ3v) is 9.27. The van der Waals surface area contributed by atoms with Crippen molar-refractivity contribution in [2.24, 2.45) is 0 Å². The number of rotatable bonds is 4. The van der Waals surface area contributed by atoms with E-state index in [2.05, 4.69) is 15.0 Å². The zero-order valence-electron chi connectivity index (χ0n) is 23.4. The zero-order valence-corrected chi connectivity index (χ0v) is 23.4. The largest absolute Gasteiger partial charge is 0.487 e. The molecule has 2 aromatic heterocycles. The van der Waals surface area contributed by atoms with Crippen LogP contribution in [-0.2, 0) is 6.18 Å². The number of aryl methyl sites for hydroxylation is 1. The maximum absolute atomic E-state index is 16.6. The van der Waals surface area contributed by atoms with Gasteiger partial charge in [0.2, 0.25) is 0 Å². The van der Waals surface area contributed by atoms with Crippen LogP contribution in [0.25, 0.3) is 22.0 Å². The highest BCUT2D eigenvalue weighted by atomic mass is 19.4. The van der Waals surface area contributed by atoms with Gasteiger partial charge in [0.1, 0.15) is 36.5 Å². The van der Waals surface area contributed by atoms with Gasteiger partial charge in [-0.3, -0.25) is 4.90 Å². The summed E-state index contributed by atoms with van der Waals surface area (Å²) in [6, 6.07) is 0.353. The lowest BCUT2D eigenvalue weighted by Crippen LogP contribution is -2.44. The highest BCUT2D eigenvalue weighted by molar-refractivity contribution is 6.00. The first-order valence-corrected chi connectivity index (χ1v) is 14.5. The Kier molecular flexibility index (Phi) is 6.56. The number of benzene rings is 1. The number of nitrogens with zero attached hydrogens (tertiary/aromatic N) is 5. The second kappa shape index (κ2) is 10.00. The SMILES string of the molecule is Cc1nc(N)cc(-c2c(F)c3c4c(nc(OC[C@@]56CCCN5C[C@H](F)C6)nc4c2F)N2CCCC[C@H]2CO3)c1C(F)(F)F. The molecule has 43 heavy (non-hydrogen) atoms. The lowest BCUT2D eigenvalue weighted by Gasteiger charge is -2.35. The Balaban J connectivity index is 1.44. The van der Waals surface area contributed by atoms with Crippen molar-refractivity contribution in [2.45, 2.75) is 69.4 Å². The van der Waals surface area contributed by atoms with Crippen LogP contribution in [0.5, 0.6) is 11.8 Å². The zero-order chi connectivity index (χ0) is 30.3. The maximum atomic E-state index is 16.6. The van der Waals surface area contributed by atoms with Gasteiger partial charge in [0.25, 0.3) is 0 Å². The van der Waals surface area contributed by atoms with Crippen molar-refractivity contribution in [3.05, 3.63) is 29.0 Å². The average molecular weight is 609 g/mol. The quantitative estimate of drug-likeness (QED) is 0.384. The van der Waals surface area contributed by atoms with Crippen molar-refractivity contribution in [1.29, 1.82) is 0 Å². The van der Waals surface area contributed by atoms with E-state index in [4.69, 9.17) is 15.2 Å². The summed E-state index contributed by atoms with van der Waals surface area (Å²) in [7, 11) is 0. The third-order valence-electron chi connectivity index (χ3n) is 9.27. The van der Waals surface area contributed by atoms with Gasteiger partial charge in [0.15, 0.2) is 17.4 Å². The van der Waals surface area contributed by atoms with Gasteiger partial charge in [0.05, 0.1) is 33.8 Å². The number of pyridine rings is 1. The first-order chi connectivity index (χ1) is 20.5. The van der Waals surface area contributed by atoms with Crippen LogP contribution < -0.4 is 20.1 Å². The molecule has 3 aromatic rings. The Morgan fingerprint density at radius 1 is 1.12 bits per heavy atom. The van der Waals surface area contributed by atoms with Gasteiger partial charge in [-0.05, 0) is 51.6 Å². The molecule has 0 amide bonds. The second-order valence-corrected chi connectivity index (χ2v) is 12.0. The van der Waals surface area contributed by atoms with Gasteiger partial charge < -0.3 is 20.1 Å². The Morgan fingerprint density at radius 2 is 1.93 bits per heavy atom. The molecule has 0 radical (unpaired) electrons. The monoisotopic (exact) mass is 608 g/mol. The number of nitrogen functional groups attached to an aromatic ring is 1. The molecule has 14 heteroatoms. The van der Waals surface area contributed by atoms with Gasteiger partial charge in [-0.25, -0.2) is 18.2 Å². The van der Waals surface area contributed by atoms with Crippen molar-refractivity contribution >= 4 is 22.5 Å². The Bertz CT molecular complexity index is 1620. The fraction of sp³-hybridized carbons (Fsp3) is 0.552. The van der Waals surface area contributed by atoms with Crippen LogP contribution in [-0.4, -0.2) is 70.5 Å². The van der Waals surface area contributed by atoms with Crippen LogP contribution in [0.1, 0.15) is 49.8 Å². The molecule has 3 saturated heterocycles. The summed E-state index contributed by atoms with van der Waals surface area (Å²) in [5.74, 6) is -3.21. The van der Waals surface area contributed by atoms with E-state index in [9.17, 15) is 17.6 Å². The van der Waals surface area contributed by atoms with E-state index < -0.39 is 63.2 Å². The highest BCUT2D eigenvalue weighted by Gasteiger charge is 2.49. The fourth-order valence-corrected chi connectivity index (χ4v) is 7.41. The Morgan fingerprint density at radius 3 is 2.72 bits per heavy atom. The van der Waals surface area contributed by atoms with Crippen molar-refractivity contribution in [3.63, 3.8) is 0 Å². The molecule has 4 aliphatic heterocycles. The van der Waals surface area contributed by atoms with Crippen molar-refractivity contribution < 1.29 is 35.8 Å². The molecule has 0 unspecified atom stereocenters. The molecule has 3 atom stereocenters. The fourth-order valence-electron chi connectivity index (χ4n) is 7.41. The molecule has 0 bridgehead atoms. The number of aromatic nitrogens is 3. The molecule has 8 nitrogen and oxygen atoms in total. The first kappa shape index (κ1) is 28.2. The highest BCUT2D eigenvalue weighted by Crippen LogP contribution is 2.49. The van der Waals surface area contributed by atoms with Gasteiger partial charge in [0, 0.05) is 25.1 Å². The molecule has 230 valence electrons. The molecule has 3 fully saturated rings. The van der Waals surface area contributed by atoms with Gasteiger partial charge in [-0.15, -0.1) is 0 Å². The van der Waals surface area contributed by atoms with Crippen molar-refractivity contribution in [1.82, 2.24) is 19.9 Å². The summed E-state index contributed by atoms with van der Waals surface area (Å²) in [6.45, 7) is 2.71. The second-order valence-electron chi connectivity index (χ2n) is 12.0. The van der Waals surface area contributed by atoms with E-state index in [1.54, 1.807) is 0 Å². The van der Waals surface area contributed by atoms with E-state index in [1.807, 2.05) is 9.80 Å². The van der Waals surface area contributed by atoms with Crippen LogP contribution in [0.4, 0.5) is 38.0 Å². The van der Waals surface area contributed by atoms with E-state index in [-0.39, 0.29) is 48.7 Å². The number of anilines is 2. The normalized spacial score (nSPS) is 25.4. The standard InChI is InChI=1S/C29H30F6N6O2/c1-14-21(29(33,34)35)17(9-18(36)37-14)19-22(31)24-20-25(23(19)32)42-12-16-5-2-3-8-41(16)26(20)39-27(38-24)43-13-28-6-4-7-40(28)11-15(30)10-28/h9,15-16H,2-8,10-13H2,1H3,(H2,36,37)/t15-,16+,28+/m1/s1. The average Bonchev–Trinajstić information content (AvgIpc) is 3.40.